The van der Waals surface area contributed by atoms with E-state index in [-0.39, 0.29) is 25.0 Å². The third kappa shape index (κ3) is 2.00. The first kappa shape index (κ1) is 13.8. The first-order valence-corrected chi connectivity index (χ1v) is 6.78. The van der Waals surface area contributed by atoms with E-state index in [0.29, 0.717) is 24.0 Å². The van der Waals surface area contributed by atoms with Crippen molar-refractivity contribution in [3.05, 3.63) is 23.8 Å². The summed E-state index contributed by atoms with van der Waals surface area (Å²) in [6.07, 6.45) is 1.64. The first-order valence-electron chi connectivity index (χ1n) is 6.78. The maximum atomic E-state index is 11.6. The lowest BCUT2D eigenvalue weighted by molar-refractivity contribution is -0.281. The zero-order valence-electron chi connectivity index (χ0n) is 11.1. The number of nitrogens with two attached hydrogens (primary N) is 1. The number of hydrogen-bond acceptors (Lipinski definition) is 6. The van der Waals surface area contributed by atoms with Crippen molar-refractivity contribution in [2.24, 2.45) is 11.7 Å². The highest BCUT2D eigenvalue weighted by Crippen LogP contribution is 2.45. The van der Waals surface area contributed by atoms with Crippen molar-refractivity contribution in [1.82, 2.24) is 0 Å². The van der Waals surface area contributed by atoms with Gasteiger partial charge in [-0.3, -0.25) is 0 Å². The fourth-order valence-corrected chi connectivity index (χ4v) is 3.38. The van der Waals surface area contributed by atoms with Crippen LogP contribution in [0.1, 0.15) is 19.3 Å². The molecule has 4 N–H and O–H groups in total. The molecule has 0 aromatic rings. The van der Waals surface area contributed by atoms with Gasteiger partial charge in [0, 0.05) is 30.4 Å². The number of allylic oxidation sites excluding steroid dienone is 1. The summed E-state index contributed by atoms with van der Waals surface area (Å²) in [7, 11) is 0. The van der Waals surface area contributed by atoms with Gasteiger partial charge in [0.05, 0.1) is 12.7 Å². The van der Waals surface area contributed by atoms with E-state index >= 15 is 0 Å². The summed E-state index contributed by atoms with van der Waals surface area (Å²) in [6.45, 7) is 3.43. The summed E-state index contributed by atoms with van der Waals surface area (Å²) in [4.78, 5) is 11.6. The minimum Gasteiger partial charge on any atom is -0.429 e. The van der Waals surface area contributed by atoms with E-state index < -0.39 is 24.0 Å². The molecule has 6 heteroatoms. The van der Waals surface area contributed by atoms with Crippen LogP contribution in [0.3, 0.4) is 0 Å². The molecule has 2 fully saturated rings. The van der Waals surface area contributed by atoms with Gasteiger partial charge in [-0.2, -0.15) is 0 Å². The minimum atomic E-state index is -1.10. The van der Waals surface area contributed by atoms with Crippen LogP contribution < -0.4 is 5.73 Å². The molecular formula is C14H19NO5. The van der Waals surface area contributed by atoms with Crippen LogP contribution in [-0.4, -0.2) is 46.8 Å². The zero-order valence-corrected chi connectivity index (χ0v) is 11.1. The predicted octanol–water partition coefficient (Wildman–Crippen LogP) is -0.399. The molecular weight excluding hydrogens is 262 g/mol. The van der Waals surface area contributed by atoms with Gasteiger partial charge >= 0.3 is 5.97 Å². The number of aliphatic hydroxyl groups excluding tert-OH is 2. The number of ether oxygens (including phenoxy) is 2. The average molecular weight is 281 g/mol. The van der Waals surface area contributed by atoms with Crippen LogP contribution in [0.25, 0.3) is 0 Å². The van der Waals surface area contributed by atoms with Crippen LogP contribution in [0, 0.1) is 5.92 Å². The van der Waals surface area contributed by atoms with Gasteiger partial charge in [-0.15, -0.1) is 0 Å². The van der Waals surface area contributed by atoms with Gasteiger partial charge in [-0.25, -0.2) is 4.79 Å². The molecule has 0 unspecified atom stereocenters. The van der Waals surface area contributed by atoms with Gasteiger partial charge < -0.3 is 25.4 Å². The van der Waals surface area contributed by atoms with Crippen molar-refractivity contribution in [2.45, 2.75) is 43.3 Å². The van der Waals surface area contributed by atoms with Crippen molar-refractivity contribution < 1.29 is 24.5 Å². The maximum absolute atomic E-state index is 11.6. The molecule has 20 heavy (non-hydrogen) atoms. The molecule has 2 aliphatic heterocycles. The largest absolute Gasteiger partial charge is 0.429 e. The molecule has 1 spiro atoms. The fourth-order valence-electron chi connectivity index (χ4n) is 3.38. The Kier molecular flexibility index (Phi) is 3.21. The van der Waals surface area contributed by atoms with E-state index in [1.54, 1.807) is 0 Å². The van der Waals surface area contributed by atoms with E-state index in [1.807, 2.05) is 6.08 Å². The molecule has 0 aromatic heterocycles. The molecule has 0 radical (unpaired) electrons. The lowest BCUT2D eigenvalue weighted by Crippen LogP contribution is -2.59. The van der Waals surface area contributed by atoms with Gasteiger partial charge in [-0.1, -0.05) is 12.7 Å². The summed E-state index contributed by atoms with van der Waals surface area (Å²) in [5.74, 6) is -1.62. The summed E-state index contributed by atoms with van der Waals surface area (Å²) in [5.41, 5.74) is 7.07. The second-order valence-corrected chi connectivity index (χ2v) is 5.81. The standard InChI is InChI=1S/C14H19NO5/c1-7-4-14(20-13(7)18)5-10(15)9-3-2-8(6-16)11(17)12(9)19-14/h2,9-12,16-17H,1,3-6,15H2/t9-,10+,11-,12-,14+/m1/s1. The second kappa shape index (κ2) is 4.66. The third-order valence-electron chi connectivity index (χ3n) is 4.45. The number of fused-ring (bicyclic) bond motifs is 1. The smallest absolute Gasteiger partial charge is 0.336 e. The number of carbonyl (C=O) groups is 1. The molecule has 6 nitrogen and oxygen atoms in total. The molecule has 3 aliphatic rings. The quantitative estimate of drug-likeness (QED) is 0.343. The number of aliphatic hydroxyl groups is 2. The van der Waals surface area contributed by atoms with E-state index in [1.165, 1.54) is 0 Å². The molecule has 5 atom stereocenters. The Labute approximate surface area is 116 Å². The van der Waals surface area contributed by atoms with Crippen LogP contribution in [-0.2, 0) is 14.3 Å². The first-order chi connectivity index (χ1) is 9.46. The number of rotatable bonds is 1. The third-order valence-corrected chi connectivity index (χ3v) is 4.45. The zero-order chi connectivity index (χ0) is 14.5. The Morgan fingerprint density at radius 2 is 2.30 bits per heavy atom. The van der Waals surface area contributed by atoms with Gasteiger partial charge in [0.15, 0.2) is 0 Å². The van der Waals surface area contributed by atoms with Crippen LogP contribution in [0.5, 0.6) is 0 Å². The molecule has 1 aliphatic carbocycles. The Morgan fingerprint density at radius 3 is 2.90 bits per heavy atom. The highest BCUT2D eigenvalue weighted by atomic mass is 16.7. The molecule has 0 bridgehead atoms. The highest BCUT2D eigenvalue weighted by molar-refractivity contribution is 5.90. The minimum absolute atomic E-state index is 0.0431. The Morgan fingerprint density at radius 1 is 1.55 bits per heavy atom. The van der Waals surface area contributed by atoms with Crippen molar-refractivity contribution in [2.75, 3.05) is 6.61 Å². The summed E-state index contributed by atoms with van der Waals surface area (Å²) in [5, 5.41) is 19.5. The van der Waals surface area contributed by atoms with Crippen LogP contribution >= 0.6 is 0 Å². The Balaban J connectivity index is 1.87. The SMILES string of the molecule is C=C1C[C@@]2(C[C@H](N)[C@H]3CC=C(CO)[C@@H](O)[C@@H]3O2)OC1=O. The fraction of sp³-hybridized carbons (Fsp3) is 0.643. The lowest BCUT2D eigenvalue weighted by atomic mass is 9.75. The molecule has 2 heterocycles. The van der Waals surface area contributed by atoms with Gasteiger partial charge in [-0.05, 0) is 12.0 Å². The summed E-state index contributed by atoms with van der Waals surface area (Å²) < 4.78 is 11.2. The number of carbonyl (C=O) groups excluding carboxylic acids is 1. The predicted molar refractivity (Wildman–Crippen MR) is 69.3 cm³/mol. The molecule has 0 saturated carbocycles. The highest BCUT2D eigenvalue weighted by Gasteiger charge is 2.55. The van der Waals surface area contributed by atoms with Crippen molar-refractivity contribution in [3.8, 4) is 0 Å². The topological polar surface area (TPSA) is 102 Å². The molecule has 110 valence electrons. The summed E-state index contributed by atoms with van der Waals surface area (Å²) >= 11 is 0. The molecule has 2 saturated heterocycles. The van der Waals surface area contributed by atoms with Crippen LogP contribution in [0.2, 0.25) is 0 Å². The van der Waals surface area contributed by atoms with E-state index in [9.17, 15) is 15.0 Å². The number of esters is 1. The molecule has 0 aromatic carbocycles. The van der Waals surface area contributed by atoms with Crippen molar-refractivity contribution in [3.63, 3.8) is 0 Å². The van der Waals surface area contributed by atoms with Gasteiger partial charge in [0.1, 0.15) is 6.10 Å². The van der Waals surface area contributed by atoms with E-state index in [0.717, 1.165) is 0 Å². The number of hydrogen-bond donors (Lipinski definition) is 3. The van der Waals surface area contributed by atoms with Gasteiger partial charge in [0.25, 0.3) is 0 Å². The van der Waals surface area contributed by atoms with Crippen molar-refractivity contribution in [1.29, 1.82) is 0 Å². The molecule has 3 rings (SSSR count). The second-order valence-electron chi connectivity index (χ2n) is 5.81. The van der Waals surface area contributed by atoms with Crippen LogP contribution in [0.4, 0.5) is 0 Å². The van der Waals surface area contributed by atoms with E-state index in [4.69, 9.17) is 15.2 Å². The normalized spacial score (nSPS) is 44.2. The Bertz CT molecular complexity index is 470. The van der Waals surface area contributed by atoms with Crippen LogP contribution in [0.15, 0.2) is 23.8 Å². The lowest BCUT2D eigenvalue weighted by Gasteiger charge is -2.48. The van der Waals surface area contributed by atoms with Gasteiger partial charge in [0.2, 0.25) is 5.79 Å². The monoisotopic (exact) mass is 281 g/mol. The van der Waals surface area contributed by atoms with Crippen molar-refractivity contribution >= 4 is 5.97 Å². The Hall–Kier alpha value is -1.21. The van der Waals surface area contributed by atoms with E-state index in [2.05, 4.69) is 6.58 Å². The maximum Gasteiger partial charge on any atom is 0.336 e. The molecule has 0 amide bonds. The summed E-state index contributed by atoms with van der Waals surface area (Å²) in [6, 6.07) is -0.237. The average Bonchev–Trinajstić information content (AvgIpc) is 2.65.